The summed E-state index contributed by atoms with van der Waals surface area (Å²) in [6.45, 7) is 0. The van der Waals surface area contributed by atoms with Crippen LogP contribution in [0, 0.1) is 0 Å². The molecule has 3 nitrogen and oxygen atoms in total. The molecule has 0 radical (unpaired) electrons. The predicted octanol–water partition coefficient (Wildman–Crippen LogP) is 3.63. The first-order chi connectivity index (χ1) is 7.66. The quantitative estimate of drug-likeness (QED) is 0.919. The lowest BCUT2D eigenvalue weighted by Crippen LogP contribution is -1.91. The Hall–Kier alpha value is -0.780. The molecule has 0 spiro atoms. The SMILES string of the molecule is Nc1nccc(Sc2ccc(Br)cn2)c1Cl. The van der Waals surface area contributed by atoms with Gasteiger partial charge in [-0.25, -0.2) is 9.97 Å². The van der Waals surface area contributed by atoms with Crippen molar-refractivity contribution in [1.82, 2.24) is 9.97 Å². The maximum absolute atomic E-state index is 6.03. The Kier molecular flexibility index (Phi) is 3.68. The van der Waals surface area contributed by atoms with Crippen LogP contribution in [-0.4, -0.2) is 9.97 Å². The Balaban J connectivity index is 2.27. The second-order valence-corrected chi connectivity index (χ2v) is 5.28. The molecule has 6 heteroatoms. The number of hydrogen-bond acceptors (Lipinski definition) is 4. The number of halogens is 2. The maximum atomic E-state index is 6.03. The van der Waals surface area contributed by atoms with E-state index in [-0.39, 0.29) is 0 Å². The molecule has 0 aromatic carbocycles. The number of nitrogens with zero attached hydrogens (tertiary/aromatic N) is 2. The third-order valence-electron chi connectivity index (χ3n) is 1.80. The summed E-state index contributed by atoms with van der Waals surface area (Å²) in [7, 11) is 0. The molecule has 0 aliphatic rings. The molecule has 0 aliphatic carbocycles. The molecule has 0 fully saturated rings. The van der Waals surface area contributed by atoms with Gasteiger partial charge in [0.25, 0.3) is 0 Å². The van der Waals surface area contributed by atoms with E-state index >= 15 is 0 Å². The van der Waals surface area contributed by atoms with Crippen LogP contribution in [0.4, 0.5) is 5.82 Å². The van der Waals surface area contributed by atoms with Gasteiger partial charge in [0.15, 0.2) is 0 Å². The van der Waals surface area contributed by atoms with Crippen molar-refractivity contribution < 1.29 is 0 Å². The molecule has 16 heavy (non-hydrogen) atoms. The molecule has 0 saturated heterocycles. The Labute approximate surface area is 111 Å². The highest BCUT2D eigenvalue weighted by Crippen LogP contribution is 2.34. The molecule has 2 aromatic heterocycles. The fraction of sp³-hybridized carbons (Fsp3) is 0. The smallest absolute Gasteiger partial charge is 0.143 e. The van der Waals surface area contributed by atoms with Crippen LogP contribution in [0.5, 0.6) is 0 Å². The first-order valence-electron chi connectivity index (χ1n) is 4.36. The maximum Gasteiger partial charge on any atom is 0.143 e. The van der Waals surface area contributed by atoms with Crippen LogP contribution in [-0.2, 0) is 0 Å². The molecule has 2 aromatic rings. The minimum atomic E-state index is 0.337. The first-order valence-corrected chi connectivity index (χ1v) is 6.35. The summed E-state index contributed by atoms with van der Waals surface area (Å²) in [6, 6.07) is 5.64. The summed E-state index contributed by atoms with van der Waals surface area (Å²) in [4.78, 5) is 8.99. The Morgan fingerprint density at radius 1 is 1.25 bits per heavy atom. The van der Waals surface area contributed by atoms with Crippen molar-refractivity contribution in [3.05, 3.63) is 40.1 Å². The number of hydrogen-bond donors (Lipinski definition) is 1. The van der Waals surface area contributed by atoms with Gasteiger partial charge in [-0.15, -0.1) is 0 Å². The summed E-state index contributed by atoms with van der Waals surface area (Å²) < 4.78 is 0.942. The number of nitrogen functional groups attached to an aromatic ring is 1. The van der Waals surface area contributed by atoms with Crippen LogP contribution >= 0.6 is 39.3 Å². The molecule has 2 rings (SSSR count). The number of pyridine rings is 2. The van der Waals surface area contributed by atoms with Crippen LogP contribution in [0.15, 0.2) is 45.0 Å². The molecule has 2 N–H and O–H groups in total. The van der Waals surface area contributed by atoms with E-state index in [0.29, 0.717) is 10.8 Å². The molecule has 0 unspecified atom stereocenters. The van der Waals surface area contributed by atoms with E-state index in [1.165, 1.54) is 11.8 Å². The largest absolute Gasteiger partial charge is 0.382 e. The van der Waals surface area contributed by atoms with Crippen LogP contribution in [0.1, 0.15) is 0 Å². The van der Waals surface area contributed by atoms with Crippen molar-refractivity contribution in [1.29, 1.82) is 0 Å². The average molecular weight is 317 g/mol. The highest BCUT2D eigenvalue weighted by atomic mass is 79.9. The van der Waals surface area contributed by atoms with E-state index in [1.807, 2.05) is 18.2 Å². The first kappa shape index (κ1) is 11.7. The molecule has 0 amide bonds. The number of rotatable bonds is 2. The fourth-order valence-electron chi connectivity index (χ4n) is 1.06. The fourth-order valence-corrected chi connectivity index (χ4v) is 2.31. The van der Waals surface area contributed by atoms with Gasteiger partial charge in [0.05, 0.1) is 5.02 Å². The number of aromatic nitrogens is 2. The van der Waals surface area contributed by atoms with E-state index in [4.69, 9.17) is 17.3 Å². The zero-order chi connectivity index (χ0) is 11.5. The lowest BCUT2D eigenvalue weighted by atomic mass is 10.5. The molecule has 82 valence electrons. The minimum Gasteiger partial charge on any atom is -0.382 e. The topological polar surface area (TPSA) is 51.8 Å². The third-order valence-corrected chi connectivity index (χ3v) is 3.78. The van der Waals surface area contributed by atoms with Crippen molar-refractivity contribution >= 4 is 45.1 Å². The van der Waals surface area contributed by atoms with Crippen molar-refractivity contribution in [3.8, 4) is 0 Å². The number of nitrogens with two attached hydrogens (primary N) is 1. The highest BCUT2D eigenvalue weighted by Gasteiger charge is 2.06. The molecular formula is C10H7BrClN3S. The molecule has 2 heterocycles. The van der Waals surface area contributed by atoms with Crippen LogP contribution in [0.3, 0.4) is 0 Å². The van der Waals surface area contributed by atoms with Crippen LogP contribution in [0.2, 0.25) is 5.02 Å². The van der Waals surface area contributed by atoms with Gasteiger partial charge in [0.1, 0.15) is 10.8 Å². The van der Waals surface area contributed by atoms with Gasteiger partial charge in [-0.3, -0.25) is 0 Å². The van der Waals surface area contributed by atoms with Crippen molar-refractivity contribution in [2.75, 3.05) is 5.73 Å². The van der Waals surface area contributed by atoms with E-state index < -0.39 is 0 Å². The van der Waals surface area contributed by atoms with Crippen LogP contribution in [0.25, 0.3) is 0 Å². The van der Waals surface area contributed by atoms with Gasteiger partial charge in [-0.05, 0) is 34.1 Å². The molecule has 0 atom stereocenters. The zero-order valence-electron chi connectivity index (χ0n) is 8.02. The minimum absolute atomic E-state index is 0.337. The highest BCUT2D eigenvalue weighted by molar-refractivity contribution is 9.10. The van der Waals surface area contributed by atoms with Gasteiger partial charge in [-0.1, -0.05) is 23.4 Å². The Morgan fingerprint density at radius 3 is 2.75 bits per heavy atom. The van der Waals surface area contributed by atoms with E-state index in [2.05, 4.69) is 25.9 Å². The average Bonchev–Trinajstić information content (AvgIpc) is 2.28. The summed E-state index contributed by atoms with van der Waals surface area (Å²) in [5, 5.41) is 1.33. The molecule has 0 aliphatic heterocycles. The normalized spacial score (nSPS) is 10.4. The van der Waals surface area contributed by atoms with E-state index in [1.54, 1.807) is 12.4 Å². The predicted molar refractivity (Wildman–Crippen MR) is 69.7 cm³/mol. The monoisotopic (exact) mass is 315 g/mol. The Morgan fingerprint density at radius 2 is 2.06 bits per heavy atom. The standard InChI is InChI=1S/C10H7BrClN3S/c11-6-1-2-8(15-5-6)16-7-3-4-14-10(13)9(7)12/h1-5H,(H2,13,14). The van der Waals surface area contributed by atoms with Crippen molar-refractivity contribution in [2.24, 2.45) is 0 Å². The van der Waals surface area contributed by atoms with Gasteiger partial charge in [-0.2, -0.15) is 0 Å². The second-order valence-electron chi connectivity index (χ2n) is 2.93. The van der Waals surface area contributed by atoms with E-state index in [0.717, 1.165) is 14.4 Å². The van der Waals surface area contributed by atoms with Gasteiger partial charge in [0.2, 0.25) is 0 Å². The Bertz CT molecular complexity index is 504. The molecule has 0 bridgehead atoms. The van der Waals surface area contributed by atoms with Crippen LogP contribution < -0.4 is 5.73 Å². The lowest BCUT2D eigenvalue weighted by molar-refractivity contribution is 1.12. The molecular weight excluding hydrogens is 310 g/mol. The molecule has 0 saturated carbocycles. The second kappa shape index (κ2) is 5.03. The lowest BCUT2D eigenvalue weighted by Gasteiger charge is -2.04. The van der Waals surface area contributed by atoms with Gasteiger partial charge >= 0.3 is 0 Å². The number of anilines is 1. The van der Waals surface area contributed by atoms with Gasteiger partial charge < -0.3 is 5.73 Å². The summed E-state index contributed by atoms with van der Waals surface area (Å²) >= 11 is 10.8. The van der Waals surface area contributed by atoms with Crippen molar-refractivity contribution in [2.45, 2.75) is 9.92 Å². The van der Waals surface area contributed by atoms with Gasteiger partial charge in [0, 0.05) is 21.8 Å². The van der Waals surface area contributed by atoms with E-state index in [9.17, 15) is 0 Å². The van der Waals surface area contributed by atoms with Crippen molar-refractivity contribution in [3.63, 3.8) is 0 Å². The zero-order valence-corrected chi connectivity index (χ0v) is 11.2. The summed E-state index contributed by atoms with van der Waals surface area (Å²) in [5.41, 5.74) is 5.61. The summed E-state index contributed by atoms with van der Waals surface area (Å²) in [6.07, 6.45) is 3.36. The summed E-state index contributed by atoms with van der Waals surface area (Å²) in [5.74, 6) is 0.337. The third kappa shape index (κ3) is 2.66.